The van der Waals surface area contributed by atoms with Gasteiger partial charge in [-0.25, -0.2) is 14.2 Å². The first kappa shape index (κ1) is 33.1. The number of aromatic nitrogens is 1. The normalized spacial score (nSPS) is 13.5. The molecule has 0 spiro atoms. The number of methoxy groups -OCH3 is 2. The number of nitrogens with one attached hydrogen (secondary N) is 2. The van der Waals surface area contributed by atoms with Gasteiger partial charge in [0.1, 0.15) is 28.7 Å². The quantitative estimate of drug-likeness (QED) is 0.160. The van der Waals surface area contributed by atoms with E-state index in [1.54, 1.807) is 32.4 Å². The van der Waals surface area contributed by atoms with Crippen LogP contribution in [0.3, 0.4) is 0 Å². The van der Waals surface area contributed by atoms with Gasteiger partial charge in [-0.3, -0.25) is 0 Å². The smallest absolute Gasteiger partial charge is 0.341 e. The predicted octanol–water partition coefficient (Wildman–Crippen LogP) is 8.08. The lowest BCUT2D eigenvalue weighted by atomic mass is 9.94. The molecule has 42 heavy (non-hydrogen) atoms. The number of fused-ring (bicyclic) bond motifs is 1. The minimum Gasteiger partial charge on any atom is -0.497 e. The number of nitrogens with zero attached hydrogens (tertiary/aromatic N) is 1. The Labute approximate surface area is 250 Å². The van der Waals surface area contributed by atoms with Crippen molar-refractivity contribution in [2.45, 2.75) is 84.1 Å². The highest BCUT2D eigenvalue weighted by Gasteiger charge is 2.39. The van der Waals surface area contributed by atoms with Gasteiger partial charge in [0.05, 0.1) is 37.6 Å². The van der Waals surface area contributed by atoms with Crippen LogP contribution < -0.4 is 20.1 Å². The topological polar surface area (TPSA) is 102 Å². The molecule has 0 aliphatic heterocycles. The highest BCUT2D eigenvalue weighted by molar-refractivity contribution is 6.74. The number of hydrogen-bond donors (Lipinski definition) is 3. The third-order valence-corrected chi connectivity index (χ3v) is 12.6. The molecule has 3 rings (SSSR count). The Kier molecular flexibility index (Phi) is 10.5. The van der Waals surface area contributed by atoms with Crippen LogP contribution in [0.5, 0.6) is 11.5 Å². The summed E-state index contributed by atoms with van der Waals surface area (Å²) < 4.78 is 31.9. The maximum atomic E-state index is 14.4. The highest BCUT2D eigenvalue weighted by atomic mass is 28.4. The van der Waals surface area contributed by atoms with Crippen LogP contribution in [0.2, 0.25) is 18.1 Å². The molecule has 1 unspecified atom stereocenters. The number of unbranched alkanes of at least 4 members (excludes halogenated alkanes) is 1. The Morgan fingerprint density at radius 3 is 2.38 bits per heavy atom. The maximum Gasteiger partial charge on any atom is 0.341 e. The van der Waals surface area contributed by atoms with Gasteiger partial charge in [-0.2, -0.15) is 0 Å². The molecule has 0 radical (unpaired) electrons. The standard InChI is InChI=1S/C32H46FN3O5Si/c1-10-11-16-32(5,20-41-42(8,9)31(2,3)4)36-28-24-15-13-22(33)17-25(24)35-29(27(28)30(37)38)34-19-21-12-14-23(39-6)18-26(21)40-7/h12-15,17-18H,10-11,16,19-20H2,1-9H3,(H,37,38)(H2,34,35,36). The third kappa shape index (κ3) is 7.71. The first-order valence-electron chi connectivity index (χ1n) is 14.4. The van der Waals surface area contributed by atoms with Crippen LogP contribution in [0.25, 0.3) is 10.9 Å². The Bertz CT molecular complexity index is 1410. The summed E-state index contributed by atoms with van der Waals surface area (Å²) in [4.78, 5) is 17.4. The molecule has 0 saturated heterocycles. The molecule has 10 heteroatoms. The number of hydrogen-bond acceptors (Lipinski definition) is 7. The van der Waals surface area contributed by atoms with E-state index in [2.05, 4.69) is 63.3 Å². The molecule has 0 bridgehead atoms. The van der Waals surface area contributed by atoms with E-state index in [0.717, 1.165) is 24.8 Å². The van der Waals surface area contributed by atoms with Gasteiger partial charge >= 0.3 is 5.97 Å². The predicted molar refractivity (Wildman–Crippen MR) is 170 cm³/mol. The molecule has 1 aromatic heterocycles. The van der Waals surface area contributed by atoms with Gasteiger partial charge in [0, 0.05) is 29.6 Å². The summed E-state index contributed by atoms with van der Waals surface area (Å²) in [6.07, 6.45) is 2.66. The van der Waals surface area contributed by atoms with Gasteiger partial charge < -0.3 is 29.6 Å². The van der Waals surface area contributed by atoms with E-state index >= 15 is 0 Å². The number of pyridine rings is 1. The number of rotatable bonds is 14. The summed E-state index contributed by atoms with van der Waals surface area (Å²) in [7, 11) is 1.04. The summed E-state index contributed by atoms with van der Waals surface area (Å²) in [6, 6.07) is 9.62. The van der Waals surface area contributed by atoms with Gasteiger partial charge in [-0.1, -0.05) is 40.5 Å². The summed E-state index contributed by atoms with van der Waals surface area (Å²) in [5.41, 5.74) is 0.899. The van der Waals surface area contributed by atoms with Crippen LogP contribution in [0.1, 0.15) is 69.8 Å². The van der Waals surface area contributed by atoms with E-state index in [9.17, 15) is 14.3 Å². The van der Waals surface area contributed by atoms with Crippen LogP contribution >= 0.6 is 0 Å². The van der Waals surface area contributed by atoms with Crippen molar-refractivity contribution < 1.29 is 28.2 Å². The fraction of sp³-hybridized carbons (Fsp3) is 0.500. The summed E-state index contributed by atoms with van der Waals surface area (Å²) >= 11 is 0. The number of carboxylic acids is 1. The number of anilines is 2. The van der Waals surface area contributed by atoms with Gasteiger partial charge in [0.15, 0.2) is 8.32 Å². The molecule has 1 atom stereocenters. The molecule has 2 aromatic carbocycles. The van der Waals surface area contributed by atoms with Crippen molar-refractivity contribution in [2.75, 3.05) is 31.5 Å². The lowest BCUT2D eigenvalue weighted by molar-refractivity contribution is 0.0698. The van der Waals surface area contributed by atoms with Gasteiger partial charge in [-0.15, -0.1) is 0 Å². The molecule has 0 aliphatic carbocycles. The first-order valence-corrected chi connectivity index (χ1v) is 17.3. The van der Waals surface area contributed by atoms with Crippen LogP contribution in [-0.4, -0.2) is 50.7 Å². The summed E-state index contributed by atoms with van der Waals surface area (Å²) in [6.45, 7) is 15.8. The summed E-state index contributed by atoms with van der Waals surface area (Å²) in [5.74, 6) is -0.257. The molecule has 3 N–H and O–H groups in total. The van der Waals surface area contributed by atoms with E-state index in [4.69, 9.17) is 13.9 Å². The number of carboxylic acid groups (broad SMARTS) is 1. The number of aromatic carboxylic acids is 1. The molecular weight excluding hydrogens is 553 g/mol. The number of ether oxygens (including phenoxy) is 2. The first-order chi connectivity index (χ1) is 19.6. The zero-order valence-electron chi connectivity index (χ0n) is 26.4. The van der Waals surface area contributed by atoms with Crippen LogP contribution in [0.15, 0.2) is 36.4 Å². The average molecular weight is 600 g/mol. The van der Waals surface area contributed by atoms with Gasteiger partial charge in [-0.05, 0) is 55.7 Å². The Morgan fingerprint density at radius 1 is 1.07 bits per heavy atom. The second-order valence-electron chi connectivity index (χ2n) is 12.5. The molecule has 8 nitrogen and oxygen atoms in total. The summed E-state index contributed by atoms with van der Waals surface area (Å²) in [5, 5.41) is 17.8. The molecular formula is C32H46FN3O5Si. The Hall–Kier alpha value is -3.37. The third-order valence-electron chi connectivity index (χ3n) is 8.17. The number of carbonyl (C=O) groups is 1. The molecule has 0 amide bonds. The molecule has 0 saturated carbocycles. The zero-order chi connectivity index (χ0) is 31.3. The number of halogens is 1. The van der Waals surface area contributed by atoms with Crippen molar-refractivity contribution in [3.63, 3.8) is 0 Å². The van der Waals surface area contributed by atoms with Crippen LogP contribution in [-0.2, 0) is 11.0 Å². The molecule has 0 fully saturated rings. The minimum absolute atomic E-state index is 0.0170. The van der Waals surface area contributed by atoms with Crippen molar-refractivity contribution in [1.82, 2.24) is 4.98 Å². The largest absolute Gasteiger partial charge is 0.497 e. The van der Waals surface area contributed by atoms with Crippen molar-refractivity contribution in [1.29, 1.82) is 0 Å². The van der Waals surface area contributed by atoms with Crippen molar-refractivity contribution in [2.24, 2.45) is 0 Å². The minimum atomic E-state index is -2.10. The van der Waals surface area contributed by atoms with Gasteiger partial charge in [0.2, 0.25) is 0 Å². The van der Waals surface area contributed by atoms with Gasteiger partial charge in [0.25, 0.3) is 0 Å². The van der Waals surface area contributed by atoms with Crippen LogP contribution in [0, 0.1) is 5.82 Å². The second kappa shape index (κ2) is 13.3. The highest BCUT2D eigenvalue weighted by Crippen LogP contribution is 2.39. The van der Waals surface area contributed by atoms with E-state index in [0.29, 0.717) is 34.7 Å². The lowest BCUT2D eigenvalue weighted by Gasteiger charge is -2.41. The van der Waals surface area contributed by atoms with Crippen molar-refractivity contribution in [3.8, 4) is 11.5 Å². The fourth-order valence-corrected chi connectivity index (χ4v) is 5.59. The van der Waals surface area contributed by atoms with Crippen molar-refractivity contribution in [3.05, 3.63) is 53.3 Å². The Morgan fingerprint density at radius 2 is 1.79 bits per heavy atom. The van der Waals surface area contributed by atoms with E-state index < -0.39 is 25.6 Å². The molecule has 0 aliphatic rings. The average Bonchev–Trinajstić information content (AvgIpc) is 2.92. The maximum absolute atomic E-state index is 14.4. The number of benzene rings is 2. The zero-order valence-corrected chi connectivity index (χ0v) is 27.4. The second-order valence-corrected chi connectivity index (χ2v) is 17.4. The molecule has 1 heterocycles. The van der Waals surface area contributed by atoms with E-state index in [1.807, 2.05) is 6.07 Å². The van der Waals surface area contributed by atoms with Crippen LogP contribution in [0.4, 0.5) is 15.9 Å². The fourth-order valence-electron chi connectivity index (χ4n) is 4.48. The Balaban J connectivity index is 2.11. The van der Waals surface area contributed by atoms with E-state index in [-0.39, 0.29) is 23.0 Å². The molecule has 3 aromatic rings. The van der Waals surface area contributed by atoms with E-state index in [1.165, 1.54) is 12.1 Å². The monoisotopic (exact) mass is 599 g/mol. The SMILES string of the molecule is CCCCC(C)(CO[Si](C)(C)C(C)(C)C)Nc1c(C(=O)O)c(NCc2ccc(OC)cc2OC)nc2cc(F)ccc12. The molecule has 230 valence electrons. The lowest BCUT2D eigenvalue weighted by Crippen LogP contribution is -2.48. The van der Waals surface area contributed by atoms with Crippen molar-refractivity contribution >= 4 is 36.7 Å².